The quantitative estimate of drug-likeness (QED) is 0.848. The molecule has 3 atom stereocenters. The van der Waals surface area contributed by atoms with Gasteiger partial charge in [0.25, 0.3) is 0 Å². The van der Waals surface area contributed by atoms with Crippen LogP contribution >= 0.6 is 0 Å². The van der Waals surface area contributed by atoms with Crippen LogP contribution in [-0.4, -0.2) is 60.2 Å². The van der Waals surface area contributed by atoms with Gasteiger partial charge in [-0.2, -0.15) is 0 Å². The van der Waals surface area contributed by atoms with Crippen LogP contribution in [0.2, 0.25) is 0 Å². The van der Waals surface area contributed by atoms with Crippen LogP contribution in [0, 0.1) is 5.92 Å². The van der Waals surface area contributed by atoms with Crippen LogP contribution in [0.3, 0.4) is 0 Å². The second-order valence-electron chi connectivity index (χ2n) is 7.12. The zero-order valence-electron chi connectivity index (χ0n) is 13.0. The Kier molecular flexibility index (Phi) is 4.26. The number of ether oxygens (including phenoxy) is 2. The van der Waals surface area contributed by atoms with Crippen molar-refractivity contribution in [1.29, 1.82) is 0 Å². The lowest BCUT2D eigenvalue weighted by Gasteiger charge is -2.37. The highest BCUT2D eigenvalue weighted by atomic mass is 16.5. The molecule has 1 N–H and O–H groups in total. The number of rotatable bonds is 3. The molecule has 4 nitrogen and oxygen atoms in total. The number of aliphatic hydroxyl groups is 1. The summed E-state index contributed by atoms with van der Waals surface area (Å²) < 4.78 is 11.5. The van der Waals surface area contributed by atoms with E-state index in [4.69, 9.17) is 9.47 Å². The predicted molar refractivity (Wildman–Crippen MR) is 75.2 cm³/mol. The Morgan fingerprint density at radius 3 is 2.47 bits per heavy atom. The molecule has 2 heterocycles. The summed E-state index contributed by atoms with van der Waals surface area (Å²) in [6.07, 6.45) is 2.24. The lowest BCUT2D eigenvalue weighted by atomic mass is 9.84. The molecule has 4 heteroatoms. The number of aliphatic hydroxyl groups excluding tert-OH is 1. The van der Waals surface area contributed by atoms with Gasteiger partial charge >= 0.3 is 0 Å². The van der Waals surface area contributed by atoms with Crippen molar-refractivity contribution in [3.8, 4) is 0 Å². The molecule has 0 aromatic heterocycles. The van der Waals surface area contributed by atoms with E-state index in [1.54, 1.807) is 7.11 Å². The van der Waals surface area contributed by atoms with Crippen LogP contribution in [-0.2, 0) is 9.47 Å². The largest absolute Gasteiger partial charge is 0.390 e. The molecule has 0 aromatic carbocycles. The maximum Gasteiger partial charge on any atom is 0.0896 e. The van der Waals surface area contributed by atoms with E-state index >= 15 is 0 Å². The third-order valence-electron chi connectivity index (χ3n) is 4.76. The highest BCUT2D eigenvalue weighted by Gasteiger charge is 2.53. The maximum atomic E-state index is 10.5. The fourth-order valence-corrected chi connectivity index (χ4v) is 3.65. The normalized spacial score (nSPS) is 38.5. The standard InChI is InChI=1S/C15H29NO3/c1-14(2)12(13(17)15(3,4)19-14)10-16-8-6-7-11(9-16)18-5/h11-13,17H,6-10H2,1-5H3. The number of likely N-dealkylation sites (tertiary alicyclic amines) is 1. The van der Waals surface area contributed by atoms with Gasteiger partial charge < -0.3 is 19.5 Å². The van der Waals surface area contributed by atoms with Gasteiger partial charge in [-0.15, -0.1) is 0 Å². The van der Waals surface area contributed by atoms with Gasteiger partial charge in [-0.1, -0.05) is 0 Å². The molecule has 2 fully saturated rings. The molecule has 2 saturated heterocycles. The smallest absolute Gasteiger partial charge is 0.0896 e. The molecule has 3 unspecified atom stereocenters. The van der Waals surface area contributed by atoms with Gasteiger partial charge in [0.05, 0.1) is 23.4 Å². The molecule has 0 amide bonds. The molecule has 0 radical (unpaired) electrons. The minimum atomic E-state index is -0.454. The van der Waals surface area contributed by atoms with Crippen molar-refractivity contribution in [3.63, 3.8) is 0 Å². The third-order valence-corrected chi connectivity index (χ3v) is 4.76. The molecule has 2 aliphatic heterocycles. The van der Waals surface area contributed by atoms with Gasteiger partial charge in [0, 0.05) is 26.1 Å². The highest BCUT2D eigenvalue weighted by molar-refractivity contribution is 5.02. The van der Waals surface area contributed by atoms with E-state index in [1.807, 2.05) is 13.8 Å². The van der Waals surface area contributed by atoms with E-state index in [-0.39, 0.29) is 11.5 Å². The Hall–Kier alpha value is -0.160. The minimum absolute atomic E-state index is 0.151. The van der Waals surface area contributed by atoms with Crippen LogP contribution in [0.4, 0.5) is 0 Å². The number of nitrogens with zero attached hydrogens (tertiary/aromatic N) is 1. The van der Waals surface area contributed by atoms with Crippen molar-refractivity contribution in [2.45, 2.75) is 63.9 Å². The molecule has 19 heavy (non-hydrogen) atoms. The Balaban J connectivity index is 2.01. The van der Waals surface area contributed by atoms with Crippen LogP contribution in [0.1, 0.15) is 40.5 Å². The number of hydrogen-bond donors (Lipinski definition) is 1. The third kappa shape index (κ3) is 3.13. The summed E-state index contributed by atoms with van der Waals surface area (Å²) in [6, 6.07) is 0. The first kappa shape index (κ1) is 15.2. The maximum absolute atomic E-state index is 10.5. The summed E-state index contributed by atoms with van der Waals surface area (Å²) in [5, 5.41) is 10.5. The summed E-state index contributed by atoms with van der Waals surface area (Å²) >= 11 is 0. The van der Waals surface area contributed by atoms with Crippen molar-refractivity contribution in [1.82, 2.24) is 4.90 Å². The first-order valence-electron chi connectivity index (χ1n) is 7.39. The summed E-state index contributed by atoms with van der Waals surface area (Å²) in [6.45, 7) is 11.1. The van der Waals surface area contributed by atoms with Gasteiger partial charge in [-0.3, -0.25) is 0 Å². The average molecular weight is 271 g/mol. The SMILES string of the molecule is COC1CCCN(CC2C(O)C(C)(C)OC2(C)C)C1. The Labute approximate surface area is 117 Å². The average Bonchev–Trinajstić information content (AvgIpc) is 2.48. The van der Waals surface area contributed by atoms with Crippen LogP contribution in [0.5, 0.6) is 0 Å². The summed E-state index contributed by atoms with van der Waals surface area (Å²) in [5.74, 6) is 0.151. The second-order valence-corrected chi connectivity index (χ2v) is 7.12. The van der Waals surface area contributed by atoms with Gasteiger partial charge in [-0.25, -0.2) is 0 Å². The van der Waals surface area contributed by atoms with Crippen molar-refractivity contribution in [2.24, 2.45) is 5.92 Å². The van der Waals surface area contributed by atoms with Crippen LogP contribution in [0.15, 0.2) is 0 Å². The first-order chi connectivity index (χ1) is 8.76. The molecular formula is C15H29NO3. The zero-order chi connectivity index (χ0) is 14.3. The summed E-state index contributed by atoms with van der Waals surface area (Å²) in [7, 11) is 1.79. The van der Waals surface area contributed by atoms with E-state index in [2.05, 4.69) is 18.7 Å². The Morgan fingerprint density at radius 1 is 1.26 bits per heavy atom. The van der Waals surface area contributed by atoms with E-state index in [1.165, 1.54) is 6.42 Å². The fourth-order valence-electron chi connectivity index (χ4n) is 3.65. The lowest BCUT2D eigenvalue weighted by Crippen LogP contribution is -2.47. The van der Waals surface area contributed by atoms with Crippen molar-refractivity contribution < 1.29 is 14.6 Å². The monoisotopic (exact) mass is 271 g/mol. The van der Waals surface area contributed by atoms with Crippen molar-refractivity contribution >= 4 is 0 Å². The molecule has 0 aliphatic carbocycles. The molecule has 0 saturated carbocycles. The first-order valence-corrected chi connectivity index (χ1v) is 7.39. The van der Waals surface area contributed by atoms with E-state index in [9.17, 15) is 5.11 Å². The molecule has 0 aromatic rings. The van der Waals surface area contributed by atoms with E-state index in [0.717, 1.165) is 26.1 Å². The Morgan fingerprint density at radius 2 is 1.95 bits per heavy atom. The highest BCUT2D eigenvalue weighted by Crippen LogP contribution is 2.42. The van der Waals surface area contributed by atoms with Crippen LogP contribution in [0.25, 0.3) is 0 Å². The van der Waals surface area contributed by atoms with Gasteiger partial charge in [0.2, 0.25) is 0 Å². The van der Waals surface area contributed by atoms with E-state index < -0.39 is 11.7 Å². The lowest BCUT2D eigenvalue weighted by molar-refractivity contribution is -0.0917. The molecule has 2 rings (SSSR count). The zero-order valence-corrected chi connectivity index (χ0v) is 13.0. The van der Waals surface area contributed by atoms with Gasteiger partial charge in [0.1, 0.15) is 0 Å². The molecule has 2 aliphatic rings. The number of piperidine rings is 1. The van der Waals surface area contributed by atoms with Crippen molar-refractivity contribution in [2.75, 3.05) is 26.7 Å². The van der Waals surface area contributed by atoms with Gasteiger partial charge in [0.15, 0.2) is 0 Å². The molecule has 112 valence electrons. The van der Waals surface area contributed by atoms with Gasteiger partial charge in [-0.05, 0) is 47.1 Å². The van der Waals surface area contributed by atoms with E-state index in [0.29, 0.717) is 6.10 Å². The predicted octanol–water partition coefficient (Wildman–Crippen LogP) is 1.66. The topological polar surface area (TPSA) is 41.9 Å². The molecular weight excluding hydrogens is 242 g/mol. The summed E-state index contributed by atoms with van der Waals surface area (Å²) in [4.78, 5) is 2.41. The van der Waals surface area contributed by atoms with Crippen molar-refractivity contribution in [3.05, 3.63) is 0 Å². The summed E-state index contributed by atoms with van der Waals surface area (Å²) in [5.41, 5.74) is -0.729. The molecule has 0 spiro atoms. The number of methoxy groups -OCH3 is 1. The minimum Gasteiger partial charge on any atom is -0.390 e. The second kappa shape index (κ2) is 5.32. The number of hydrogen-bond acceptors (Lipinski definition) is 4. The van der Waals surface area contributed by atoms with Crippen LogP contribution < -0.4 is 0 Å². The molecule has 0 bridgehead atoms. The Bertz CT molecular complexity index is 317. The fraction of sp³-hybridized carbons (Fsp3) is 1.00.